The van der Waals surface area contributed by atoms with E-state index in [1.165, 1.54) is 16.9 Å². The summed E-state index contributed by atoms with van der Waals surface area (Å²) < 4.78 is 1.90. The number of rotatable bonds is 3. The number of hydrogen-bond donors (Lipinski definition) is 1. The van der Waals surface area contributed by atoms with Crippen molar-refractivity contribution in [3.05, 3.63) is 75.8 Å². The molecule has 0 saturated carbocycles. The van der Waals surface area contributed by atoms with Gasteiger partial charge in [0.15, 0.2) is 0 Å². The van der Waals surface area contributed by atoms with Crippen LogP contribution in [0, 0.1) is 13.8 Å². The van der Waals surface area contributed by atoms with Crippen LogP contribution in [-0.2, 0) is 0 Å². The van der Waals surface area contributed by atoms with Gasteiger partial charge in [-0.1, -0.05) is 29.3 Å². The van der Waals surface area contributed by atoms with Crippen molar-refractivity contribution in [2.75, 3.05) is 5.32 Å². The van der Waals surface area contributed by atoms with Gasteiger partial charge in [0.1, 0.15) is 4.83 Å². The number of nitrogens with zero attached hydrogens (tertiary/aromatic N) is 2. The maximum absolute atomic E-state index is 12.6. The van der Waals surface area contributed by atoms with Crippen molar-refractivity contribution in [2.24, 2.45) is 0 Å². The molecule has 0 bridgehead atoms. The summed E-state index contributed by atoms with van der Waals surface area (Å²) in [6, 6.07) is 17.2. The van der Waals surface area contributed by atoms with Crippen LogP contribution in [0.2, 0.25) is 5.02 Å². The quantitative estimate of drug-likeness (QED) is 0.501. The molecule has 130 valence electrons. The predicted molar refractivity (Wildman–Crippen MR) is 108 cm³/mol. The average Bonchev–Trinajstić information content (AvgIpc) is 3.19. The molecule has 0 aliphatic heterocycles. The monoisotopic (exact) mass is 381 g/mol. The molecule has 0 aliphatic rings. The Morgan fingerprint density at radius 1 is 1.08 bits per heavy atom. The highest BCUT2D eigenvalue weighted by Gasteiger charge is 2.17. The molecule has 4 aromatic rings. The van der Waals surface area contributed by atoms with Crippen molar-refractivity contribution in [3.8, 4) is 5.69 Å². The van der Waals surface area contributed by atoms with Crippen LogP contribution in [0.3, 0.4) is 0 Å². The lowest BCUT2D eigenvalue weighted by atomic mass is 10.2. The molecule has 0 saturated heterocycles. The Morgan fingerprint density at radius 3 is 2.46 bits per heavy atom. The molecule has 6 heteroatoms. The molecule has 2 aromatic heterocycles. The topological polar surface area (TPSA) is 46.9 Å². The second kappa shape index (κ2) is 6.59. The van der Waals surface area contributed by atoms with Gasteiger partial charge in [0, 0.05) is 16.1 Å². The van der Waals surface area contributed by atoms with E-state index in [2.05, 4.69) is 29.5 Å². The van der Waals surface area contributed by atoms with Gasteiger partial charge in [0.05, 0.1) is 16.3 Å². The van der Waals surface area contributed by atoms with Crippen LogP contribution in [0.25, 0.3) is 15.9 Å². The van der Waals surface area contributed by atoms with Crippen molar-refractivity contribution in [2.45, 2.75) is 13.8 Å². The zero-order chi connectivity index (χ0) is 18.3. The minimum absolute atomic E-state index is 0.136. The van der Waals surface area contributed by atoms with E-state index in [4.69, 9.17) is 11.6 Å². The van der Waals surface area contributed by atoms with E-state index in [-0.39, 0.29) is 5.91 Å². The summed E-state index contributed by atoms with van der Waals surface area (Å²) in [6.07, 6.45) is 0. The molecule has 4 rings (SSSR count). The molecule has 1 N–H and O–H groups in total. The Bertz CT molecular complexity index is 1090. The first kappa shape index (κ1) is 16.8. The first-order valence-corrected chi connectivity index (χ1v) is 9.34. The summed E-state index contributed by atoms with van der Waals surface area (Å²) >= 11 is 7.32. The van der Waals surface area contributed by atoms with Gasteiger partial charge < -0.3 is 5.32 Å². The van der Waals surface area contributed by atoms with Crippen LogP contribution in [0.1, 0.15) is 20.9 Å². The molecule has 0 fully saturated rings. The third-order valence-corrected chi connectivity index (χ3v) is 5.51. The Hall–Kier alpha value is -2.63. The van der Waals surface area contributed by atoms with E-state index in [1.54, 1.807) is 24.3 Å². The van der Waals surface area contributed by atoms with E-state index < -0.39 is 0 Å². The number of aryl methyl sites for hydroxylation is 2. The SMILES string of the molecule is Cc1ccc(-n2nc(C)c3cc(C(=O)Nc4ccc(Cl)cc4)sc32)cc1. The molecule has 1 amide bonds. The number of anilines is 1. The second-order valence-electron chi connectivity index (χ2n) is 6.12. The number of halogens is 1. The van der Waals surface area contributed by atoms with Gasteiger partial charge in [0.2, 0.25) is 0 Å². The second-order valence-corrected chi connectivity index (χ2v) is 7.59. The van der Waals surface area contributed by atoms with Crippen LogP contribution in [-0.4, -0.2) is 15.7 Å². The molecule has 2 heterocycles. The van der Waals surface area contributed by atoms with Gasteiger partial charge in [-0.3, -0.25) is 4.79 Å². The van der Waals surface area contributed by atoms with Crippen LogP contribution < -0.4 is 5.32 Å². The van der Waals surface area contributed by atoms with Gasteiger partial charge in [-0.05, 0) is 56.3 Å². The third-order valence-electron chi connectivity index (χ3n) is 4.15. The van der Waals surface area contributed by atoms with Gasteiger partial charge in [0.25, 0.3) is 5.91 Å². The first-order valence-electron chi connectivity index (χ1n) is 8.14. The van der Waals surface area contributed by atoms with Crippen LogP contribution >= 0.6 is 22.9 Å². The van der Waals surface area contributed by atoms with Gasteiger partial charge >= 0.3 is 0 Å². The van der Waals surface area contributed by atoms with E-state index in [1.807, 2.05) is 29.8 Å². The minimum Gasteiger partial charge on any atom is -0.321 e. The number of hydrogen-bond acceptors (Lipinski definition) is 3. The summed E-state index contributed by atoms with van der Waals surface area (Å²) in [6.45, 7) is 4.01. The molecule has 4 nitrogen and oxygen atoms in total. The van der Waals surface area contributed by atoms with Crippen LogP contribution in [0.4, 0.5) is 5.69 Å². The minimum atomic E-state index is -0.136. The van der Waals surface area contributed by atoms with E-state index in [9.17, 15) is 4.79 Å². The molecule has 0 unspecified atom stereocenters. The fourth-order valence-corrected chi connectivity index (χ4v) is 3.95. The lowest BCUT2D eigenvalue weighted by Crippen LogP contribution is -2.09. The van der Waals surface area contributed by atoms with Crippen molar-refractivity contribution < 1.29 is 4.79 Å². The van der Waals surface area contributed by atoms with Gasteiger partial charge in [-0.25, -0.2) is 4.68 Å². The molecule has 0 spiro atoms. The average molecular weight is 382 g/mol. The van der Waals surface area contributed by atoms with Crippen molar-refractivity contribution >= 4 is 44.7 Å². The Morgan fingerprint density at radius 2 is 1.77 bits per heavy atom. The number of nitrogens with one attached hydrogen (secondary N) is 1. The lowest BCUT2D eigenvalue weighted by Gasteiger charge is -2.04. The smallest absolute Gasteiger partial charge is 0.265 e. The number of carbonyl (C=O) groups is 1. The maximum Gasteiger partial charge on any atom is 0.265 e. The third kappa shape index (κ3) is 3.11. The van der Waals surface area contributed by atoms with Crippen LogP contribution in [0.5, 0.6) is 0 Å². The fraction of sp³-hybridized carbons (Fsp3) is 0.100. The fourth-order valence-electron chi connectivity index (χ4n) is 2.75. The summed E-state index contributed by atoms with van der Waals surface area (Å²) in [5.41, 5.74) is 3.80. The summed E-state index contributed by atoms with van der Waals surface area (Å²) in [5, 5.41) is 9.16. The van der Waals surface area contributed by atoms with Crippen molar-refractivity contribution in [1.29, 1.82) is 0 Å². The summed E-state index contributed by atoms with van der Waals surface area (Å²) in [4.78, 5) is 14.2. The van der Waals surface area contributed by atoms with E-state index >= 15 is 0 Å². The number of thiophene rings is 1. The number of amides is 1. The van der Waals surface area contributed by atoms with Crippen molar-refractivity contribution in [1.82, 2.24) is 9.78 Å². The normalized spacial score (nSPS) is 11.0. The molecule has 0 aliphatic carbocycles. The zero-order valence-electron chi connectivity index (χ0n) is 14.3. The highest BCUT2D eigenvalue weighted by Crippen LogP contribution is 2.31. The van der Waals surface area contributed by atoms with Gasteiger partial charge in [-0.2, -0.15) is 5.10 Å². The molecule has 0 atom stereocenters. The summed E-state index contributed by atoms with van der Waals surface area (Å²) in [7, 11) is 0. The molecular formula is C20H16ClN3OS. The van der Waals surface area contributed by atoms with Crippen LogP contribution in [0.15, 0.2) is 54.6 Å². The number of fused-ring (bicyclic) bond motifs is 1. The zero-order valence-corrected chi connectivity index (χ0v) is 15.9. The summed E-state index contributed by atoms with van der Waals surface area (Å²) in [5.74, 6) is -0.136. The maximum atomic E-state index is 12.6. The van der Waals surface area contributed by atoms with E-state index in [0.717, 1.165) is 21.6 Å². The number of benzene rings is 2. The number of aromatic nitrogens is 2. The van der Waals surface area contributed by atoms with Gasteiger partial charge in [-0.15, -0.1) is 11.3 Å². The predicted octanol–water partition coefficient (Wildman–Crippen LogP) is 5.61. The molecule has 2 aromatic carbocycles. The van der Waals surface area contributed by atoms with E-state index in [0.29, 0.717) is 15.6 Å². The molecule has 0 radical (unpaired) electrons. The van der Waals surface area contributed by atoms with Crippen molar-refractivity contribution in [3.63, 3.8) is 0 Å². The largest absolute Gasteiger partial charge is 0.321 e. The highest BCUT2D eigenvalue weighted by atomic mass is 35.5. The Kier molecular flexibility index (Phi) is 4.26. The highest BCUT2D eigenvalue weighted by molar-refractivity contribution is 7.20. The molecular weight excluding hydrogens is 366 g/mol. The molecule has 26 heavy (non-hydrogen) atoms. The number of carbonyl (C=O) groups excluding carboxylic acids is 1. The first-order chi connectivity index (χ1) is 12.5. The lowest BCUT2D eigenvalue weighted by molar-refractivity contribution is 0.103. The standard InChI is InChI=1S/C20H16ClN3OS/c1-12-3-9-16(10-4-12)24-20-17(13(2)23-24)11-18(26-20)19(25)22-15-7-5-14(21)6-8-15/h3-11H,1-2H3,(H,22,25). The Balaban J connectivity index is 1.69. The Labute approximate surface area is 160 Å².